The van der Waals surface area contributed by atoms with Gasteiger partial charge in [0.2, 0.25) is 5.95 Å². The number of nitrogens with two attached hydrogens (primary N) is 1. The third-order valence-electron chi connectivity index (χ3n) is 7.54. The van der Waals surface area contributed by atoms with Crippen molar-refractivity contribution in [1.82, 2.24) is 29.4 Å². The Hall–Kier alpha value is -3.47. The van der Waals surface area contributed by atoms with E-state index in [4.69, 9.17) is 15.5 Å². The van der Waals surface area contributed by atoms with Gasteiger partial charge in [-0.1, -0.05) is 0 Å². The monoisotopic (exact) mass is 480 g/mol. The molecule has 1 aliphatic carbocycles. The highest BCUT2D eigenvalue weighted by Gasteiger charge is 2.32. The second kappa shape index (κ2) is 8.33. The van der Waals surface area contributed by atoms with Gasteiger partial charge < -0.3 is 20.5 Å². The van der Waals surface area contributed by atoms with Crippen molar-refractivity contribution >= 4 is 28.2 Å². The molecular formula is C24H29FN8O2. The average molecular weight is 481 g/mol. The van der Waals surface area contributed by atoms with E-state index in [1.54, 1.807) is 0 Å². The van der Waals surface area contributed by atoms with E-state index in [2.05, 4.69) is 27.0 Å². The SMILES string of the molecule is COc1cc2nc(N)n3nc([C@@H]4CC[C@H](C)N(c5cnn([C@@H]6CCC[C@H]6O)c5)C4)nc3c2cc1F. The van der Waals surface area contributed by atoms with Crippen LogP contribution in [0.3, 0.4) is 0 Å². The smallest absolute Gasteiger partial charge is 0.223 e. The van der Waals surface area contributed by atoms with Gasteiger partial charge in [-0.05, 0) is 45.1 Å². The van der Waals surface area contributed by atoms with E-state index in [0.29, 0.717) is 28.4 Å². The van der Waals surface area contributed by atoms with Crippen LogP contribution in [0, 0.1) is 5.82 Å². The molecule has 4 heterocycles. The molecule has 1 aromatic carbocycles. The van der Waals surface area contributed by atoms with Crippen molar-refractivity contribution in [1.29, 1.82) is 0 Å². The summed E-state index contributed by atoms with van der Waals surface area (Å²) in [5.41, 5.74) is 8.21. The Morgan fingerprint density at radius 2 is 2.03 bits per heavy atom. The van der Waals surface area contributed by atoms with Gasteiger partial charge in [0.1, 0.15) is 0 Å². The minimum absolute atomic E-state index is 0.0440. The number of benzene rings is 1. The molecule has 35 heavy (non-hydrogen) atoms. The van der Waals surface area contributed by atoms with Crippen molar-refractivity contribution < 1.29 is 14.2 Å². The van der Waals surface area contributed by atoms with E-state index in [0.717, 1.165) is 44.3 Å². The van der Waals surface area contributed by atoms with Crippen LogP contribution in [-0.4, -0.2) is 60.3 Å². The van der Waals surface area contributed by atoms with Crippen molar-refractivity contribution in [3.8, 4) is 5.75 Å². The number of fused-ring (bicyclic) bond motifs is 3. The van der Waals surface area contributed by atoms with Crippen LogP contribution in [0.2, 0.25) is 0 Å². The number of nitrogens with zero attached hydrogens (tertiary/aromatic N) is 7. The van der Waals surface area contributed by atoms with Crippen molar-refractivity contribution in [3.63, 3.8) is 0 Å². The van der Waals surface area contributed by atoms with E-state index in [-0.39, 0.29) is 29.8 Å². The second-order valence-corrected chi connectivity index (χ2v) is 9.70. The molecule has 3 N–H and O–H groups in total. The predicted molar refractivity (Wildman–Crippen MR) is 129 cm³/mol. The Kier molecular flexibility index (Phi) is 5.24. The fourth-order valence-corrected chi connectivity index (χ4v) is 5.54. The van der Waals surface area contributed by atoms with Crippen LogP contribution < -0.4 is 15.4 Å². The maximum absolute atomic E-state index is 14.5. The first-order valence-electron chi connectivity index (χ1n) is 12.1. The quantitative estimate of drug-likeness (QED) is 0.457. The number of aromatic nitrogens is 6. The lowest BCUT2D eigenvalue weighted by molar-refractivity contribution is 0.130. The molecule has 0 amide bonds. The Morgan fingerprint density at radius 3 is 2.80 bits per heavy atom. The van der Waals surface area contributed by atoms with Gasteiger partial charge in [0.25, 0.3) is 0 Å². The van der Waals surface area contributed by atoms with Crippen LogP contribution in [-0.2, 0) is 0 Å². The number of ether oxygens (including phenoxy) is 1. The third-order valence-corrected chi connectivity index (χ3v) is 7.54. The summed E-state index contributed by atoms with van der Waals surface area (Å²) in [6.07, 6.45) is 8.27. The summed E-state index contributed by atoms with van der Waals surface area (Å²) in [5.74, 6) is 0.551. The molecule has 0 unspecified atom stereocenters. The summed E-state index contributed by atoms with van der Waals surface area (Å²) in [7, 11) is 1.41. The summed E-state index contributed by atoms with van der Waals surface area (Å²) in [5, 5.41) is 20.1. The maximum atomic E-state index is 14.5. The molecule has 6 rings (SSSR count). The van der Waals surface area contributed by atoms with Crippen molar-refractivity contribution in [2.24, 2.45) is 0 Å². The largest absolute Gasteiger partial charge is 0.494 e. The normalized spacial score (nSPS) is 25.1. The summed E-state index contributed by atoms with van der Waals surface area (Å²) in [6, 6.07) is 3.28. The number of piperidine rings is 1. The fraction of sp³-hybridized carbons (Fsp3) is 0.500. The first-order valence-corrected chi connectivity index (χ1v) is 12.1. The molecule has 2 fully saturated rings. The second-order valence-electron chi connectivity index (χ2n) is 9.70. The molecule has 11 heteroatoms. The van der Waals surface area contributed by atoms with Crippen molar-refractivity contribution in [2.45, 2.75) is 63.1 Å². The van der Waals surface area contributed by atoms with E-state index >= 15 is 0 Å². The van der Waals surface area contributed by atoms with Crippen LogP contribution >= 0.6 is 0 Å². The van der Waals surface area contributed by atoms with Gasteiger partial charge in [0, 0.05) is 36.2 Å². The van der Waals surface area contributed by atoms with Crippen LogP contribution in [0.25, 0.3) is 16.6 Å². The van der Waals surface area contributed by atoms with Gasteiger partial charge in [-0.3, -0.25) is 4.68 Å². The van der Waals surface area contributed by atoms with Crippen LogP contribution in [0.1, 0.15) is 56.8 Å². The number of halogens is 1. The van der Waals surface area contributed by atoms with Gasteiger partial charge in [0.05, 0.1) is 36.7 Å². The minimum atomic E-state index is -0.486. The molecule has 4 aromatic rings. The molecule has 1 aliphatic heterocycles. The van der Waals surface area contributed by atoms with Crippen molar-refractivity contribution in [3.05, 3.63) is 36.2 Å². The molecule has 0 spiro atoms. The number of aliphatic hydroxyl groups is 1. The average Bonchev–Trinajstić information content (AvgIpc) is 3.59. The molecule has 1 saturated heterocycles. The summed E-state index contributed by atoms with van der Waals surface area (Å²) in [4.78, 5) is 11.5. The van der Waals surface area contributed by atoms with E-state index in [1.807, 2.05) is 17.1 Å². The molecule has 10 nitrogen and oxygen atoms in total. The molecular weight excluding hydrogens is 451 g/mol. The van der Waals surface area contributed by atoms with Gasteiger partial charge in [-0.25, -0.2) is 14.4 Å². The standard InChI is InChI=1S/C24H29FN8O2/c1-13-6-7-14(11-31(13)15-10-27-32(12-15)19-4-3-5-20(19)34)22-29-23-16-8-17(25)21(35-2)9-18(16)28-24(26)33(23)30-22/h8-10,12-14,19-20,34H,3-7,11H2,1-2H3,(H2,26,28)/t13-,14+,19+,20+/m0/s1. The Bertz CT molecular complexity index is 1400. The number of anilines is 2. The molecule has 1 saturated carbocycles. The lowest BCUT2D eigenvalue weighted by Gasteiger charge is -2.37. The number of aliphatic hydroxyl groups excluding tert-OH is 1. The first kappa shape index (κ1) is 22.0. The highest BCUT2D eigenvalue weighted by molar-refractivity contribution is 5.93. The van der Waals surface area contributed by atoms with Gasteiger partial charge in [-0.2, -0.15) is 9.61 Å². The topological polar surface area (TPSA) is 120 Å². The molecule has 184 valence electrons. The predicted octanol–water partition coefficient (Wildman–Crippen LogP) is 3.06. The Morgan fingerprint density at radius 1 is 1.17 bits per heavy atom. The maximum Gasteiger partial charge on any atom is 0.223 e. The number of methoxy groups -OCH3 is 1. The van der Waals surface area contributed by atoms with E-state index in [9.17, 15) is 9.50 Å². The van der Waals surface area contributed by atoms with Gasteiger partial charge >= 0.3 is 0 Å². The first-order chi connectivity index (χ1) is 16.9. The third kappa shape index (κ3) is 3.65. The van der Waals surface area contributed by atoms with Crippen LogP contribution in [0.15, 0.2) is 24.5 Å². The highest BCUT2D eigenvalue weighted by atomic mass is 19.1. The van der Waals surface area contributed by atoms with E-state index in [1.165, 1.54) is 23.8 Å². The van der Waals surface area contributed by atoms with Gasteiger partial charge in [-0.15, -0.1) is 5.10 Å². The zero-order valence-corrected chi connectivity index (χ0v) is 19.8. The molecule has 2 aliphatic rings. The van der Waals surface area contributed by atoms with Crippen LogP contribution in [0.4, 0.5) is 16.0 Å². The summed E-state index contributed by atoms with van der Waals surface area (Å²) in [6.45, 7) is 2.94. The summed E-state index contributed by atoms with van der Waals surface area (Å²) >= 11 is 0. The van der Waals surface area contributed by atoms with Gasteiger partial charge in [0.15, 0.2) is 23.0 Å². The lowest BCUT2D eigenvalue weighted by atomic mass is 9.92. The highest BCUT2D eigenvalue weighted by Crippen LogP contribution is 2.35. The minimum Gasteiger partial charge on any atom is -0.494 e. The lowest BCUT2D eigenvalue weighted by Crippen LogP contribution is -2.41. The molecule has 4 atom stereocenters. The fourth-order valence-electron chi connectivity index (χ4n) is 5.54. The van der Waals surface area contributed by atoms with Crippen molar-refractivity contribution in [2.75, 3.05) is 24.3 Å². The number of hydrogen-bond acceptors (Lipinski definition) is 8. The summed E-state index contributed by atoms with van der Waals surface area (Å²) < 4.78 is 22.9. The van der Waals surface area contributed by atoms with Crippen LogP contribution in [0.5, 0.6) is 5.75 Å². The zero-order valence-electron chi connectivity index (χ0n) is 19.8. The Labute approximate surface area is 201 Å². The molecule has 0 radical (unpaired) electrons. The molecule has 3 aromatic heterocycles. The number of rotatable bonds is 4. The van der Waals surface area contributed by atoms with E-state index < -0.39 is 5.82 Å². The number of nitrogen functional groups attached to an aromatic ring is 1. The number of hydrogen-bond donors (Lipinski definition) is 2. The Balaban J connectivity index is 1.33. The zero-order chi connectivity index (χ0) is 24.3. The molecule has 0 bridgehead atoms.